The van der Waals surface area contributed by atoms with E-state index in [1.54, 1.807) is 29.3 Å². The Morgan fingerprint density at radius 2 is 1.80 bits per heavy atom. The number of carbonyl (C=O) groups excluding carboxylic acids is 1. The fourth-order valence-corrected chi connectivity index (χ4v) is 3.19. The molecule has 2 heterocycles. The Morgan fingerprint density at radius 1 is 1.07 bits per heavy atom. The van der Waals surface area contributed by atoms with E-state index >= 15 is 0 Å². The maximum atomic E-state index is 12.4. The molecule has 30 heavy (non-hydrogen) atoms. The molecule has 0 radical (unpaired) electrons. The van der Waals surface area contributed by atoms with Gasteiger partial charge in [-0.3, -0.25) is 9.78 Å². The highest BCUT2D eigenvalue weighted by Crippen LogP contribution is 2.23. The number of aryl methyl sites for hydroxylation is 2. The highest BCUT2D eigenvalue weighted by Gasteiger charge is 2.12. The number of nitrogens with zero attached hydrogens (tertiary/aromatic N) is 4. The number of hydrogen-bond donors (Lipinski definition) is 1. The van der Waals surface area contributed by atoms with Crippen molar-refractivity contribution in [3.63, 3.8) is 0 Å². The van der Waals surface area contributed by atoms with Gasteiger partial charge in [-0.05, 0) is 67.3 Å². The summed E-state index contributed by atoms with van der Waals surface area (Å²) in [7, 11) is 0. The number of pyridine rings is 1. The predicted molar refractivity (Wildman–Crippen MR) is 122 cm³/mol. The number of rotatable bonds is 6. The topological polar surface area (TPSA) is 72.7 Å². The van der Waals surface area contributed by atoms with Gasteiger partial charge in [0.05, 0.1) is 11.3 Å². The third kappa shape index (κ3) is 4.66. The van der Waals surface area contributed by atoms with Gasteiger partial charge in [-0.1, -0.05) is 25.5 Å². The minimum Gasteiger partial charge on any atom is -0.322 e. The predicted octanol–water partition coefficient (Wildman–Crippen LogP) is 5.14. The van der Waals surface area contributed by atoms with Gasteiger partial charge in [0, 0.05) is 18.1 Å². The molecular formula is C23H24ClN5O. The molecule has 6 nitrogen and oxygen atoms in total. The first-order valence-corrected chi connectivity index (χ1v) is 9.82. The van der Waals surface area contributed by atoms with Crippen molar-refractivity contribution in [1.29, 1.82) is 0 Å². The highest BCUT2D eigenvalue weighted by atomic mass is 35.5. The monoisotopic (exact) mass is 421 g/mol. The minimum atomic E-state index is -0.199. The van der Waals surface area contributed by atoms with Crippen LogP contribution in [0.3, 0.4) is 0 Å². The molecule has 0 bridgehead atoms. The zero-order chi connectivity index (χ0) is 20.2. The molecule has 7 heteroatoms. The molecule has 1 N–H and O–H groups in total. The summed E-state index contributed by atoms with van der Waals surface area (Å²) in [6.45, 7) is 4.14. The van der Waals surface area contributed by atoms with Gasteiger partial charge in [-0.25, -0.2) is 0 Å². The van der Waals surface area contributed by atoms with Gasteiger partial charge >= 0.3 is 0 Å². The molecule has 0 fully saturated rings. The lowest BCUT2D eigenvalue weighted by atomic mass is 10.1. The molecule has 4 rings (SSSR count). The van der Waals surface area contributed by atoms with Crippen molar-refractivity contribution in [2.75, 3.05) is 5.32 Å². The van der Waals surface area contributed by atoms with Gasteiger partial charge in [0.15, 0.2) is 0 Å². The second kappa shape index (κ2) is 9.50. The molecule has 0 aliphatic heterocycles. The molecular weight excluding hydrogens is 398 g/mol. The molecule has 0 atom stereocenters. The third-order valence-corrected chi connectivity index (χ3v) is 4.88. The van der Waals surface area contributed by atoms with Crippen molar-refractivity contribution in [2.24, 2.45) is 0 Å². The lowest BCUT2D eigenvalue weighted by molar-refractivity contribution is 0.102. The lowest BCUT2D eigenvalue weighted by Crippen LogP contribution is -2.12. The molecule has 154 valence electrons. The van der Waals surface area contributed by atoms with E-state index in [2.05, 4.69) is 39.6 Å². The third-order valence-electron chi connectivity index (χ3n) is 4.88. The SMILES string of the molecule is CCCCc1ccc(-n2nc3cc(C)c(NC(=O)c4cccnc4)cc3n2)cc1.Cl. The Bertz CT molecular complexity index is 1140. The number of carbonyl (C=O) groups is 1. The number of aromatic nitrogens is 4. The summed E-state index contributed by atoms with van der Waals surface area (Å²) < 4.78 is 0. The number of anilines is 1. The second-order valence-electron chi connectivity index (χ2n) is 7.11. The largest absolute Gasteiger partial charge is 0.322 e. The normalized spacial score (nSPS) is 10.6. The zero-order valence-electron chi connectivity index (χ0n) is 17.0. The van der Waals surface area contributed by atoms with Crippen molar-refractivity contribution in [3.05, 3.63) is 77.6 Å². The van der Waals surface area contributed by atoms with Gasteiger partial charge in [-0.15, -0.1) is 22.6 Å². The first-order chi connectivity index (χ1) is 14.1. The standard InChI is InChI=1S/C23H23N5O.ClH/c1-3-4-6-17-8-10-19(11-9-17)28-26-21-13-16(2)20(14-22(21)27-28)25-23(29)18-7-5-12-24-15-18;/h5,7-15H,3-4,6H2,1-2H3,(H,25,29);1H. The van der Waals surface area contributed by atoms with Crippen molar-refractivity contribution in [1.82, 2.24) is 20.0 Å². The van der Waals surface area contributed by atoms with Crippen LogP contribution in [0.2, 0.25) is 0 Å². The van der Waals surface area contributed by atoms with Crippen molar-refractivity contribution in [3.8, 4) is 5.69 Å². The van der Waals surface area contributed by atoms with E-state index in [9.17, 15) is 4.79 Å². The Balaban J connectivity index is 0.00000256. The van der Waals surface area contributed by atoms with Crippen LogP contribution in [0.1, 0.15) is 41.3 Å². The number of nitrogens with one attached hydrogen (secondary N) is 1. The summed E-state index contributed by atoms with van der Waals surface area (Å²) in [5.41, 5.74) is 5.91. The smallest absolute Gasteiger partial charge is 0.257 e. The van der Waals surface area contributed by atoms with Gasteiger partial charge in [0.2, 0.25) is 0 Å². The molecule has 0 spiro atoms. The Labute approximate surface area is 181 Å². The van der Waals surface area contributed by atoms with E-state index in [0.29, 0.717) is 11.3 Å². The lowest BCUT2D eigenvalue weighted by Gasteiger charge is -2.07. The summed E-state index contributed by atoms with van der Waals surface area (Å²) >= 11 is 0. The number of halogens is 1. The van der Waals surface area contributed by atoms with E-state index in [-0.39, 0.29) is 18.3 Å². The van der Waals surface area contributed by atoms with E-state index in [4.69, 9.17) is 0 Å². The summed E-state index contributed by atoms with van der Waals surface area (Å²) in [5, 5.41) is 12.1. The van der Waals surface area contributed by atoms with Gasteiger partial charge in [-0.2, -0.15) is 4.80 Å². The zero-order valence-corrected chi connectivity index (χ0v) is 17.8. The van der Waals surface area contributed by atoms with Crippen LogP contribution >= 0.6 is 12.4 Å². The van der Waals surface area contributed by atoms with Crippen LogP contribution in [0.4, 0.5) is 5.69 Å². The Morgan fingerprint density at radius 3 is 2.47 bits per heavy atom. The molecule has 0 aliphatic carbocycles. The number of amides is 1. The molecule has 0 unspecified atom stereocenters. The fourth-order valence-electron chi connectivity index (χ4n) is 3.19. The molecule has 2 aromatic carbocycles. The molecule has 2 aromatic heterocycles. The molecule has 0 aliphatic rings. The number of fused-ring (bicyclic) bond motifs is 1. The maximum Gasteiger partial charge on any atom is 0.257 e. The van der Waals surface area contributed by atoms with E-state index in [1.807, 2.05) is 31.2 Å². The highest BCUT2D eigenvalue weighted by molar-refractivity contribution is 6.05. The van der Waals surface area contributed by atoms with Gasteiger partial charge in [0.1, 0.15) is 11.0 Å². The summed E-state index contributed by atoms with van der Waals surface area (Å²) in [6, 6.07) is 15.6. The number of benzene rings is 2. The second-order valence-corrected chi connectivity index (χ2v) is 7.11. The number of unbranched alkanes of at least 4 members (excludes halogenated alkanes) is 1. The first kappa shape index (κ1) is 21.5. The van der Waals surface area contributed by atoms with Crippen LogP contribution in [0.25, 0.3) is 16.7 Å². The van der Waals surface area contributed by atoms with Gasteiger partial charge in [0.25, 0.3) is 5.91 Å². The van der Waals surface area contributed by atoms with Crippen LogP contribution in [0, 0.1) is 6.92 Å². The summed E-state index contributed by atoms with van der Waals surface area (Å²) in [6.07, 6.45) is 6.65. The van der Waals surface area contributed by atoms with Crippen LogP contribution < -0.4 is 5.32 Å². The Kier molecular flexibility index (Phi) is 6.79. The Hall–Kier alpha value is -3.25. The fraction of sp³-hybridized carbons (Fsp3) is 0.217. The van der Waals surface area contributed by atoms with Gasteiger partial charge < -0.3 is 5.32 Å². The summed E-state index contributed by atoms with van der Waals surface area (Å²) in [4.78, 5) is 18.1. The van der Waals surface area contributed by atoms with Crippen LogP contribution in [0.5, 0.6) is 0 Å². The summed E-state index contributed by atoms with van der Waals surface area (Å²) in [5.74, 6) is -0.199. The molecule has 0 saturated carbocycles. The van der Waals surface area contributed by atoms with Crippen molar-refractivity contribution in [2.45, 2.75) is 33.1 Å². The minimum absolute atomic E-state index is 0. The van der Waals surface area contributed by atoms with Crippen LogP contribution in [-0.2, 0) is 6.42 Å². The van der Waals surface area contributed by atoms with Crippen LogP contribution in [0.15, 0.2) is 60.9 Å². The number of hydrogen-bond acceptors (Lipinski definition) is 4. The first-order valence-electron chi connectivity index (χ1n) is 9.82. The van der Waals surface area contributed by atoms with E-state index in [0.717, 1.165) is 28.7 Å². The quantitative estimate of drug-likeness (QED) is 0.467. The van der Waals surface area contributed by atoms with E-state index in [1.165, 1.54) is 18.4 Å². The molecule has 4 aromatic rings. The maximum absolute atomic E-state index is 12.4. The average molecular weight is 422 g/mol. The molecule has 1 amide bonds. The van der Waals surface area contributed by atoms with Crippen molar-refractivity contribution < 1.29 is 4.79 Å². The van der Waals surface area contributed by atoms with Crippen LogP contribution in [-0.4, -0.2) is 25.9 Å². The molecule has 0 saturated heterocycles. The van der Waals surface area contributed by atoms with E-state index < -0.39 is 0 Å². The average Bonchev–Trinajstić information content (AvgIpc) is 3.16. The van der Waals surface area contributed by atoms with Crippen molar-refractivity contribution >= 4 is 35.0 Å².